The molecular formula is C15H15BrN4O. The third-order valence-corrected chi connectivity index (χ3v) is 3.93. The first kappa shape index (κ1) is 14.0. The maximum atomic E-state index is 9.64. The number of hydrogen-bond donors (Lipinski definition) is 3. The van der Waals surface area contributed by atoms with Crippen molar-refractivity contribution in [2.75, 3.05) is 18.5 Å². The molecule has 1 aromatic carbocycles. The summed E-state index contributed by atoms with van der Waals surface area (Å²) in [5, 5.41) is 20.8. The Morgan fingerprint density at radius 3 is 3.05 bits per heavy atom. The van der Waals surface area contributed by atoms with Gasteiger partial charge in [-0.25, -0.2) is 4.98 Å². The second kappa shape index (κ2) is 6.24. The molecule has 2 aromatic heterocycles. The molecule has 0 aliphatic heterocycles. The number of pyridine rings is 1. The Bertz CT molecular complexity index is 743. The van der Waals surface area contributed by atoms with Crippen LogP contribution in [-0.2, 0) is 0 Å². The van der Waals surface area contributed by atoms with Crippen molar-refractivity contribution in [2.45, 2.75) is 5.92 Å². The van der Waals surface area contributed by atoms with Crippen LogP contribution in [0.1, 0.15) is 11.5 Å². The van der Waals surface area contributed by atoms with Crippen LogP contribution in [0.4, 0.5) is 5.69 Å². The lowest BCUT2D eigenvalue weighted by molar-refractivity contribution is 0.270. The van der Waals surface area contributed by atoms with Crippen LogP contribution in [-0.4, -0.2) is 33.4 Å². The molecule has 0 radical (unpaired) electrons. The molecule has 3 rings (SSSR count). The zero-order chi connectivity index (χ0) is 14.7. The molecule has 0 bridgehead atoms. The van der Waals surface area contributed by atoms with E-state index in [0.29, 0.717) is 6.54 Å². The summed E-state index contributed by atoms with van der Waals surface area (Å²) in [5.41, 5.74) is 2.81. The van der Waals surface area contributed by atoms with E-state index in [1.807, 2.05) is 30.3 Å². The number of halogens is 1. The first-order chi connectivity index (χ1) is 10.3. The Balaban J connectivity index is 1.78. The number of aliphatic hydroxyl groups is 1. The molecule has 2 heterocycles. The van der Waals surface area contributed by atoms with Gasteiger partial charge < -0.3 is 10.4 Å². The van der Waals surface area contributed by atoms with Crippen molar-refractivity contribution in [1.82, 2.24) is 15.2 Å². The number of hydrogen-bond acceptors (Lipinski definition) is 4. The lowest BCUT2D eigenvalue weighted by Gasteiger charge is -2.17. The van der Waals surface area contributed by atoms with Gasteiger partial charge in [0.05, 0.1) is 18.2 Å². The highest BCUT2D eigenvalue weighted by atomic mass is 79.9. The molecule has 0 amide bonds. The number of benzene rings is 1. The molecule has 3 aromatic rings. The largest absolute Gasteiger partial charge is 0.396 e. The third-order valence-electron chi connectivity index (χ3n) is 3.43. The molecule has 5 nitrogen and oxygen atoms in total. The van der Waals surface area contributed by atoms with Gasteiger partial charge in [-0.15, -0.1) is 0 Å². The maximum Gasteiger partial charge on any atom is 0.157 e. The number of aliphatic hydroxyl groups excluding tert-OH is 1. The SMILES string of the molecule is OCC(CNc1ccnc2[nH]ncc12)c1cccc(Br)c1. The van der Waals surface area contributed by atoms with Gasteiger partial charge in [-0.05, 0) is 23.8 Å². The Morgan fingerprint density at radius 1 is 1.33 bits per heavy atom. The summed E-state index contributed by atoms with van der Waals surface area (Å²) in [5.74, 6) is 0.0256. The zero-order valence-electron chi connectivity index (χ0n) is 11.3. The summed E-state index contributed by atoms with van der Waals surface area (Å²) >= 11 is 3.46. The van der Waals surface area contributed by atoms with E-state index in [4.69, 9.17) is 0 Å². The molecule has 0 aliphatic carbocycles. The zero-order valence-corrected chi connectivity index (χ0v) is 12.8. The van der Waals surface area contributed by atoms with Crippen LogP contribution >= 0.6 is 15.9 Å². The minimum Gasteiger partial charge on any atom is -0.396 e. The van der Waals surface area contributed by atoms with Crippen LogP contribution in [0.15, 0.2) is 47.2 Å². The quantitative estimate of drug-likeness (QED) is 0.664. The predicted octanol–water partition coefficient (Wildman–Crippen LogP) is 2.91. The monoisotopic (exact) mass is 346 g/mol. The highest BCUT2D eigenvalue weighted by Gasteiger charge is 2.12. The third kappa shape index (κ3) is 3.06. The van der Waals surface area contributed by atoms with Gasteiger partial charge in [0.1, 0.15) is 0 Å². The van der Waals surface area contributed by atoms with Crippen LogP contribution in [0.3, 0.4) is 0 Å². The van der Waals surface area contributed by atoms with E-state index < -0.39 is 0 Å². The molecule has 0 spiro atoms. The Hall–Kier alpha value is -1.92. The van der Waals surface area contributed by atoms with Crippen molar-refractivity contribution in [3.63, 3.8) is 0 Å². The lowest BCUT2D eigenvalue weighted by Crippen LogP contribution is -2.16. The maximum absolute atomic E-state index is 9.64. The minimum atomic E-state index is 0.0256. The molecule has 21 heavy (non-hydrogen) atoms. The first-order valence-corrected chi connectivity index (χ1v) is 7.45. The van der Waals surface area contributed by atoms with Crippen LogP contribution in [0.5, 0.6) is 0 Å². The normalized spacial score (nSPS) is 12.5. The van der Waals surface area contributed by atoms with Gasteiger partial charge >= 0.3 is 0 Å². The van der Waals surface area contributed by atoms with Crippen molar-refractivity contribution < 1.29 is 5.11 Å². The standard InChI is InChI=1S/C15H15BrN4O/c16-12-3-1-2-10(6-12)11(9-21)7-18-14-4-5-17-15-13(14)8-19-20-15/h1-6,8,11,21H,7,9H2,(H2,17,18,19,20). The summed E-state index contributed by atoms with van der Waals surface area (Å²) in [4.78, 5) is 4.21. The number of nitrogens with one attached hydrogen (secondary N) is 2. The Morgan fingerprint density at radius 2 is 2.24 bits per heavy atom. The lowest BCUT2D eigenvalue weighted by atomic mass is 10.00. The predicted molar refractivity (Wildman–Crippen MR) is 86.3 cm³/mol. The minimum absolute atomic E-state index is 0.0256. The van der Waals surface area contributed by atoms with Crippen LogP contribution in [0.2, 0.25) is 0 Å². The van der Waals surface area contributed by atoms with Gasteiger partial charge in [0.2, 0.25) is 0 Å². The first-order valence-electron chi connectivity index (χ1n) is 6.66. The van der Waals surface area contributed by atoms with Crippen molar-refractivity contribution in [2.24, 2.45) is 0 Å². The summed E-state index contributed by atoms with van der Waals surface area (Å²) in [7, 11) is 0. The van der Waals surface area contributed by atoms with E-state index >= 15 is 0 Å². The van der Waals surface area contributed by atoms with Gasteiger partial charge in [-0.3, -0.25) is 5.10 Å². The number of rotatable bonds is 5. The Labute approximate surface area is 130 Å². The molecule has 0 saturated heterocycles. The number of nitrogens with zero attached hydrogens (tertiary/aromatic N) is 2. The Kier molecular flexibility index (Phi) is 4.17. The number of H-pyrrole nitrogens is 1. The summed E-state index contributed by atoms with van der Waals surface area (Å²) in [6.45, 7) is 0.723. The van der Waals surface area contributed by atoms with E-state index in [1.54, 1.807) is 12.4 Å². The molecule has 0 fully saturated rings. The number of aromatic amines is 1. The smallest absolute Gasteiger partial charge is 0.157 e. The van der Waals surface area contributed by atoms with Gasteiger partial charge in [-0.1, -0.05) is 28.1 Å². The average molecular weight is 347 g/mol. The van der Waals surface area contributed by atoms with Crippen molar-refractivity contribution in [3.8, 4) is 0 Å². The topological polar surface area (TPSA) is 73.8 Å². The summed E-state index contributed by atoms with van der Waals surface area (Å²) in [6.07, 6.45) is 3.48. The fourth-order valence-electron chi connectivity index (χ4n) is 2.29. The van der Waals surface area contributed by atoms with E-state index in [9.17, 15) is 5.11 Å². The van der Waals surface area contributed by atoms with Crippen molar-refractivity contribution in [3.05, 3.63) is 52.8 Å². The summed E-state index contributed by atoms with van der Waals surface area (Å²) in [6, 6.07) is 9.91. The van der Waals surface area contributed by atoms with Crippen LogP contribution < -0.4 is 5.32 Å². The fraction of sp³-hybridized carbons (Fsp3) is 0.200. The number of aromatic nitrogens is 3. The second-order valence-corrected chi connectivity index (χ2v) is 5.72. The van der Waals surface area contributed by atoms with E-state index in [1.165, 1.54) is 0 Å². The number of fused-ring (bicyclic) bond motifs is 1. The van der Waals surface area contributed by atoms with E-state index in [-0.39, 0.29) is 12.5 Å². The van der Waals surface area contributed by atoms with E-state index in [2.05, 4.69) is 36.4 Å². The molecule has 6 heteroatoms. The molecule has 1 atom stereocenters. The molecule has 3 N–H and O–H groups in total. The van der Waals surface area contributed by atoms with Gasteiger partial charge in [-0.2, -0.15) is 5.10 Å². The highest BCUT2D eigenvalue weighted by molar-refractivity contribution is 9.10. The van der Waals surface area contributed by atoms with Gasteiger partial charge in [0.15, 0.2) is 5.65 Å². The molecular weight excluding hydrogens is 332 g/mol. The average Bonchev–Trinajstić information content (AvgIpc) is 2.97. The van der Waals surface area contributed by atoms with Gasteiger partial charge in [0.25, 0.3) is 0 Å². The molecule has 0 aliphatic rings. The fourth-order valence-corrected chi connectivity index (χ4v) is 2.70. The molecule has 1 unspecified atom stereocenters. The van der Waals surface area contributed by atoms with E-state index in [0.717, 1.165) is 26.8 Å². The highest BCUT2D eigenvalue weighted by Crippen LogP contribution is 2.23. The molecule has 0 saturated carbocycles. The van der Waals surface area contributed by atoms with Crippen LogP contribution in [0, 0.1) is 0 Å². The second-order valence-electron chi connectivity index (χ2n) is 4.81. The summed E-state index contributed by atoms with van der Waals surface area (Å²) < 4.78 is 1.01. The van der Waals surface area contributed by atoms with Crippen molar-refractivity contribution in [1.29, 1.82) is 0 Å². The van der Waals surface area contributed by atoms with Crippen molar-refractivity contribution >= 4 is 32.7 Å². The number of anilines is 1. The molecule has 108 valence electrons. The van der Waals surface area contributed by atoms with Gasteiger partial charge in [0, 0.05) is 28.8 Å². The van der Waals surface area contributed by atoms with Crippen LogP contribution in [0.25, 0.3) is 11.0 Å².